The Morgan fingerprint density at radius 3 is 2.94 bits per heavy atom. The lowest BCUT2D eigenvalue weighted by Crippen LogP contribution is -2.13. The first-order valence-corrected chi connectivity index (χ1v) is 6.12. The summed E-state index contributed by atoms with van der Waals surface area (Å²) in [5.41, 5.74) is 1.21. The first-order chi connectivity index (χ1) is 7.65. The molecule has 0 atom stereocenters. The highest BCUT2D eigenvalue weighted by atomic mass is 79.9. The number of nitrogens with one attached hydrogen (secondary N) is 1. The van der Waals surface area contributed by atoms with Gasteiger partial charge in [-0.25, -0.2) is 9.97 Å². The summed E-state index contributed by atoms with van der Waals surface area (Å²) in [5.74, 6) is -0.245. The molecule has 2 rings (SSSR count). The maximum atomic E-state index is 11.8. The molecule has 0 unspecified atom stereocenters. The fraction of sp³-hybridized carbons (Fsp3) is 0.100. The van der Waals surface area contributed by atoms with Crippen LogP contribution in [-0.4, -0.2) is 15.9 Å². The number of nitrogens with zero attached hydrogens (tertiary/aromatic N) is 2. The topological polar surface area (TPSA) is 54.9 Å². The molecular weight excluding hydrogens is 290 g/mol. The van der Waals surface area contributed by atoms with Crippen molar-refractivity contribution in [2.75, 3.05) is 5.32 Å². The minimum absolute atomic E-state index is 0.245. The van der Waals surface area contributed by atoms with E-state index in [-0.39, 0.29) is 5.91 Å². The Labute approximate surface area is 105 Å². The van der Waals surface area contributed by atoms with Crippen LogP contribution in [0.5, 0.6) is 0 Å². The number of carbonyl (C=O) groups is 1. The molecule has 0 aliphatic carbocycles. The molecule has 0 aromatic carbocycles. The Morgan fingerprint density at radius 1 is 1.50 bits per heavy atom. The smallest absolute Gasteiger partial charge is 0.276 e. The number of halogens is 1. The molecule has 4 nitrogen and oxygen atoms in total. The van der Waals surface area contributed by atoms with Gasteiger partial charge < -0.3 is 0 Å². The lowest BCUT2D eigenvalue weighted by molar-refractivity contribution is 0.102. The summed E-state index contributed by atoms with van der Waals surface area (Å²) in [6.45, 7) is 1.84. The molecule has 82 valence electrons. The third-order valence-corrected chi connectivity index (χ3v) is 3.21. The van der Waals surface area contributed by atoms with Crippen LogP contribution in [0.15, 0.2) is 28.2 Å². The highest BCUT2D eigenvalue weighted by Crippen LogP contribution is 2.23. The number of rotatable bonds is 2. The molecular formula is C10H8BrN3OS. The molecule has 0 fully saturated rings. The van der Waals surface area contributed by atoms with Crippen molar-refractivity contribution in [2.45, 2.75) is 6.92 Å². The monoisotopic (exact) mass is 297 g/mol. The zero-order valence-corrected chi connectivity index (χ0v) is 10.8. The molecule has 1 amide bonds. The van der Waals surface area contributed by atoms with Gasteiger partial charge in [0.2, 0.25) is 0 Å². The van der Waals surface area contributed by atoms with Crippen molar-refractivity contribution in [3.05, 3.63) is 39.6 Å². The average Bonchev–Trinajstić information content (AvgIpc) is 2.64. The van der Waals surface area contributed by atoms with Crippen LogP contribution in [0.25, 0.3) is 0 Å². The van der Waals surface area contributed by atoms with Gasteiger partial charge in [0.25, 0.3) is 5.91 Å². The molecule has 2 aromatic rings. The Kier molecular flexibility index (Phi) is 3.31. The Balaban J connectivity index is 2.14. The number of anilines is 1. The number of carbonyl (C=O) groups excluding carboxylic acids is 1. The summed E-state index contributed by atoms with van der Waals surface area (Å²) in [6, 6.07) is 5.32. The predicted molar refractivity (Wildman–Crippen MR) is 66.7 cm³/mol. The van der Waals surface area contributed by atoms with Gasteiger partial charge in [0, 0.05) is 5.69 Å². The maximum absolute atomic E-state index is 11.8. The minimum atomic E-state index is -0.245. The Bertz CT molecular complexity index is 526. The fourth-order valence-electron chi connectivity index (χ4n) is 1.14. The van der Waals surface area contributed by atoms with E-state index in [0.717, 1.165) is 9.48 Å². The first kappa shape index (κ1) is 11.2. The minimum Gasteiger partial charge on any atom is -0.296 e. The summed E-state index contributed by atoms with van der Waals surface area (Å²) >= 11 is 4.64. The molecule has 6 heteroatoms. The van der Waals surface area contributed by atoms with Gasteiger partial charge in [-0.15, -0.1) is 0 Å². The highest BCUT2D eigenvalue weighted by molar-refractivity contribution is 9.11. The summed E-state index contributed by atoms with van der Waals surface area (Å²) in [5, 5.41) is 3.24. The summed E-state index contributed by atoms with van der Waals surface area (Å²) in [7, 11) is 0. The second kappa shape index (κ2) is 4.71. The zero-order valence-electron chi connectivity index (χ0n) is 8.40. The largest absolute Gasteiger partial charge is 0.296 e. The zero-order chi connectivity index (χ0) is 11.5. The molecule has 2 heterocycles. The van der Waals surface area contributed by atoms with Crippen LogP contribution < -0.4 is 5.32 Å². The summed E-state index contributed by atoms with van der Waals surface area (Å²) < 4.78 is 0.875. The quantitative estimate of drug-likeness (QED) is 0.927. The van der Waals surface area contributed by atoms with Crippen LogP contribution in [0.1, 0.15) is 16.2 Å². The lowest BCUT2D eigenvalue weighted by atomic mass is 10.3. The number of aryl methyl sites for hydroxylation is 1. The number of pyridine rings is 1. The third kappa shape index (κ3) is 2.65. The van der Waals surface area contributed by atoms with E-state index in [1.807, 2.05) is 13.0 Å². The van der Waals surface area contributed by atoms with Crippen LogP contribution in [0.4, 0.5) is 5.13 Å². The van der Waals surface area contributed by atoms with Crippen LogP contribution in [-0.2, 0) is 0 Å². The van der Waals surface area contributed by atoms with E-state index >= 15 is 0 Å². The van der Waals surface area contributed by atoms with Gasteiger partial charge in [0.1, 0.15) is 5.69 Å². The number of hydrogen-bond donors (Lipinski definition) is 1. The molecule has 2 aromatic heterocycles. The van der Waals surface area contributed by atoms with E-state index in [4.69, 9.17) is 0 Å². The first-order valence-electron chi connectivity index (χ1n) is 4.51. The van der Waals surface area contributed by atoms with E-state index in [1.54, 1.807) is 18.3 Å². The highest BCUT2D eigenvalue weighted by Gasteiger charge is 2.09. The van der Waals surface area contributed by atoms with E-state index in [1.165, 1.54) is 11.3 Å². The van der Waals surface area contributed by atoms with Crippen LogP contribution in [0.2, 0.25) is 0 Å². The van der Waals surface area contributed by atoms with Crippen molar-refractivity contribution in [2.24, 2.45) is 0 Å². The third-order valence-electron chi connectivity index (χ3n) is 1.82. The normalized spacial score (nSPS) is 10.1. The molecule has 0 saturated carbocycles. The Morgan fingerprint density at radius 2 is 2.31 bits per heavy atom. The summed E-state index contributed by atoms with van der Waals surface area (Å²) in [4.78, 5) is 19.9. The van der Waals surface area contributed by atoms with Crippen molar-refractivity contribution in [1.29, 1.82) is 0 Å². The fourth-order valence-corrected chi connectivity index (χ4v) is 2.24. The standard InChI is InChI=1S/C10H8BrN3OS/c1-6-3-2-4-7(13-6)9(15)14-10-12-5-8(11)16-10/h2-5H,1H3,(H,12,14,15). The molecule has 0 radical (unpaired) electrons. The van der Waals surface area contributed by atoms with Crippen LogP contribution in [0.3, 0.4) is 0 Å². The van der Waals surface area contributed by atoms with Crippen molar-refractivity contribution >= 4 is 38.3 Å². The predicted octanol–water partition coefficient (Wildman–Crippen LogP) is 2.86. The van der Waals surface area contributed by atoms with E-state index in [0.29, 0.717) is 10.8 Å². The second-order valence-electron chi connectivity index (χ2n) is 3.09. The van der Waals surface area contributed by atoms with Crippen LogP contribution >= 0.6 is 27.3 Å². The van der Waals surface area contributed by atoms with Gasteiger partial charge >= 0.3 is 0 Å². The average molecular weight is 298 g/mol. The molecule has 16 heavy (non-hydrogen) atoms. The number of thiazole rings is 1. The number of amides is 1. The second-order valence-corrected chi connectivity index (χ2v) is 5.50. The van der Waals surface area contributed by atoms with Gasteiger partial charge in [-0.1, -0.05) is 17.4 Å². The van der Waals surface area contributed by atoms with Crippen molar-refractivity contribution in [1.82, 2.24) is 9.97 Å². The number of hydrogen-bond acceptors (Lipinski definition) is 4. The van der Waals surface area contributed by atoms with Crippen molar-refractivity contribution in [3.8, 4) is 0 Å². The van der Waals surface area contributed by atoms with Crippen molar-refractivity contribution < 1.29 is 4.79 Å². The molecule has 0 aliphatic heterocycles. The van der Waals surface area contributed by atoms with Gasteiger partial charge in [-0.2, -0.15) is 0 Å². The van der Waals surface area contributed by atoms with Gasteiger partial charge in [-0.3, -0.25) is 10.1 Å². The molecule has 0 saturated heterocycles. The molecule has 0 spiro atoms. The van der Waals surface area contributed by atoms with E-state index in [9.17, 15) is 4.79 Å². The van der Waals surface area contributed by atoms with E-state index in [2.05, 4.69) is 31.2 Å². The molecule has 0 aliphatic rings. The molecule has 0 bridgehead atoms. The maximum Gasteiger partial charge on any atom is 0.276 e. The van der Waals surface area contributed by atoms with E-state index < -0.39 is 0 Å². The number of aromatic nitrogens is 2. The Hall–Kier alpha value is -1.27. The summed E-state index contributed by atoms with van der Waals surface area (Å²) in [6.07, 6.45) is 1.64. The molecule has 1 N–H and O–H groups in total. The van der Waals surface area contributed by atoms with Gasteiger partial charge in [0.15, 0.2) is 5.13 Å². The van der Waals surface area contributed by atoms with Crippen LogP contribution in [0, 0.1) is 6.92 Å². The lowest BCUT2D eigenvalue weighted by Gasteiger charge is -2.01. The van der Waals surface area contributed by atoms with Gasteiger partial charge in [0.05, 0.1) is 9.98 Å². The SMILES string of the molecule is Cc1cccc(C(=O)Nc2ncc(Br)s2)n1. The van der Waals surface area contributed by atoms with Crippen molar-refractivity contribution in [3.63, 3.8) is 0 Å². The van der Waals surface area contributed by atoms with Gasteiger partial charge in [-0.05, 0) is 35.0 Å².